The van der Waals surface area contributed by atoms with Crippen LogP contribution in [0.15, 0.2) is 72.8 Å². The van der Waals surface area contributed by atoms with Gasteiger partial charge in [-0.05, 0) is 98.8 Å². The van der Waals surface area contributed by atoms with Gasteiger partial charge in [0.2, 0.25) is 0 Å². The summed E-state index contributed by atoms with van der Waals surface area (Å²) in [4.78, 5) is 14.1. The number of anilines is 1. The van der Waals surface area contributed by atoms with Gasteiger partial charge in [0.05, 0.1) is 6.10 Å². The summed E-state index contributed by atoms with van der Waals surface area (Å²) < 4.78 is 89.3. The highest BCUT2D eigenvalue weighted by Gasteiger charge is 2.42. The number of rotatable bonds is 9. The Morgan fingerprint density at radius 2 is 1.36 bits per heavy atom. The van der Waals surface area contributed by atoms with Crippen LogP contribution in [-0.4, -0.2) is 48.0 Å². The number of benzene rings is 3. The van der Waals surface area contributed by atoms with Crippen LogP contribution < -0.4 is 14.8 Å². The van der Waals surface area contributed by atoms with Crippen molar-refractivity contribution in [1.82, 2.24) is 4.90 Å². The monoisotopic (exact) mass is 626 g/mol. The molecule has 0 unspecified atom stereocenters. The van der Waals surface area contributed by atoms with Crippen LogP contribution in [0.3, 0.4) is 0 Å². The summed E-state index contributed by atoms with van der Waals surface area (Å²) in [6.07, 6.45) is -9.69. The number of aliphatic hydroxyl groups is 1. The van der Waals surface area contributed by atoms with Crippen molar-refractivity contribution in [3.63, 3.8) is 0 Å². The fourth-order valence-electron chi connectivity index (χ4n) is 5.34. The molecule has 2 N–H and O–H groups in total. The zero-order valence-corrected chi connectivity index (χ0v) is 23.9. The van der Waals surface area contributed by atoms with Crippen LogP contribution in [0.1, 0.15) is 43.4 Å². The first kappa shape index (κ1) is 32.9. The molecule has 3 aromatic carbocycles. The predicted molar refractivity (Wildman–Crippen MR) is 149 cm³/mol. The third kappa shape index (κ3) is 9.02. The van der Waals surface area contributed by atoms with E-state index >= 15 is 0 Å². The molecule has 238 valence electrons. The van der Waals surface area contributed by atoms with Crippen LogP contribution in [0.25, 0.3) is 0 Å². The molecule has 1 fully saturated rings. The van der Waals surface area contributed by atoms with E-state index < -0.39 is 41.8 Å². The van der Waals surface area contributed by atoms with Gasteiger partial charge in [0.15, 0.2) is 0 Å². The molecular formula is C31H32F6N2O5. The zero-order valence-electron chi connectivity index (χ0n) is 23.9. The molecule has 7 nitrogen and oxygen atoms in total. The highest BCUT2D eigenvalue weighted by molar-refractivity contribution is 5.84. The van der Waals surface area contributed by atoms with Crippen LogP contribution in [-0.2, 0) is 16.9 Å². The number of nitrogens with one attached hydrogen (secondary N) is 1. The lowest BCUT2D eigenvalue weighted by molar-refractivity contribution is -0.275. The van der Waals surface area contributed by atoms with Gasteiger partial charge in [0, 0.05) is 12.2 Å². The number of alkyl halides is 6. The Morgan fingerprint density at radius 3 is 1.82 bits per heavy atom. The SMILES string of the molecule is CC(C)OC(=O)Nc1cccc(CN2CCC(C(O)(c3ccc(OC(F)(F)F)cc3)c3ccc(OC(F)(F)F)cc3)CC2)c1. The van der Waals surface area contributed by atoms with E-state index in [1.807, 2.05) is 18.2 Å². The summed E-state index contributed by atoms with van der Waals surface area (Å²) in [6, 6.07) is 16.9. The van der Waals surface area contributed by atoms with Gasteiger partial charge in [0.1, 0.15) is 17.1 Å². The van der Waals surface area contributed by atoms with Gasteiger partial charge in [-0.2, -0.15) is 0 Å². The number of nitrogens with zero attached hydrogens (tertiary/aromatic N) is 1. The molecule has 13 heteroatoms. The Labute approximate surface area is 250 Å². The van der Waals surface area contributed by atoms with E-state index in [0.717, 1.165) is 29.8 Å². The number of carbonyl (C=O) groups is 1. The molecule has 1 aliphatic rings. The van der Waals surface area contributed by atoms with Gasteiger partial charge in [-0.15, -0.1) is 26.3 Å². The van der Waals surface area contributed by atoms with E-state index in [9.17, 15) is 36.2 Å². The zero-order chi connectivity index (χ0) is 32.1. The lowest BCUT2D eigenvalue weighted by atomic mass is 9.72. The standard InChI is InChI=1S/C31H32F6N2O5/c1-20(2)42-28(40)38-25-5-3-4-21(18-25)19-39-16-14-24(15-17-39)29(41,22-6-10-26(11-7-22)43-30(32,33)34)23-8-12-27(13-9-23)44-31(35,36)37/h3-13,18,20,24,41H,14-17,19H2,1-2H3,(H,38,40). The fraction of sp³-hybridized carbons (Fsp3) is 0.387. The first-order valence-electron chi connectivity index (χ1n) is 13.8. The number of hydrogen-bond acceptors (Lipinski definition) is 6. The highest BCUT2D eigenvalue weighted by atomic mass is 19.4. The van der Waals surface area contributed by atoms with Crippen LogP contribution in [0.4, 0.5) is 36.8 Å². The smallest absolute Gasteiger partial charge is 0.447 e. The number of halogens is 6. The van der Waals surface area contributed by atoms with Gasteiger partial charge in [-0.1, -0.05) is 36.4 Å². The van der Waals surface area contributed by atoms with Crippen LogP contribution in [0.2, 0.25) is 0 Å². The van der Waals surface area contributed by atoms with Crippen molar-refractivity contribution in [3.8, 4) is 11.5 Å². The number of likely N-dealkylation sites (tertiary alicyclic amines) is 1. The Kier molecular flexibility index (Phi) is 9.99. The number of ether oxygens (including phenoxy) is 3. The van der Waals surface area contributed by atoms with Gasteiger partial charge in [-0.25, -0.2) is 4.79 Å². The van der Waals surface area contributed by atoms with E-state index in [1.165, 1.54) is 24.3 Å². The molecule has 4 rings (SSSR count). The maximum Gasteiger partial charge on any atom is 0.573 e. The third-order valence-corrected chi connectivity index (χ3v) is 7.16. The van der Waals surface area contributed by atoms with Crippen molar-refractivity contribution >= 4 is 11.8 Å². The summed E-state index contributed by atoms with van der Waals surface area (Å²) in [7, 11) is 0. The predicted octanol–water partition coefficient (Wildman–Crippen LogP) is 7.59. The first-order valence-corrected chi connectivity index (χ1v) is 13.8. The summed E-state index contributed by atoms with van der Waals surface area (Å²) in [5, 5.41) is 14.9. The van der Waals surface area contributed by atoms with Crippen LogP contribution in [0, 0.1) is 5.92 Å². The lowest BCUT2D eigenvalue weighted by Gasteiger charge is -2.42. The number of piperidine rings is 1. The average molecular weight is 627 g/mol. The molecule has 0 saturated carbocycles. The summed E-state index contributed by atoms with van der Waals surface area (Å²) in [5.41, 5.74) is 0.305. The topological polar surface area (TPSA) is 80.3 Å². The minimum atomic E-state index is -4.90. The number of carbonyl (C=O) groups excluding carboxylic acids is 1. The van der Waals surface area contributed by atoms with Gasteiger partial charge >= 0.3 is 18.8 Å². The minimum absolute atomic E-state index is 0.266. The second-order valence-electron chi connectivity index (χ2n) is 10.7. The Morgan fingerprint density at radius 1 is 0.864 bits per heavy atom. The largest absolute Gasteiger partial charge is 0.573 e. The molecule has 1 aliphatic heterocycles. The average Bonchev–Trinajstić information content (AvgIpc) is 2.92. The third-order valence-electron chi connectivity index (χ3n) is 7.16. The fourth-order valence-corrected chi connectivity index (χ4v) is 5.34. The van der Waals surface area contributed by atoms with E-state index in [-0.39, 0.29) is 17.2 Å². The molecule has 1 saturated heterocycles. The molecule has 0 aliphatic carbocycles. The Balaban J connectivity index is 1.52. The Hall–Kier alpha value is -3.97. The van der Waals surface area contributed by atoms with Gasteiger partial charge in [-0.3, -0.25) is 10.2 Å². The molecule has 0 bridgehead atoms. The molecule has 3 aromatic rings. The molecule has 0 atom stereocenters. The molecule has 44 heavy (non-hydrogen) atoms. The van der Waals surface area contributed by atoms with Crippen LogP contribution >= 0.6 is 0 Å². The molecule has 0 spiro atoms. The Bertz CT molecular complexity index is 1330. The molecule has 0 radical (unpaired) electrons. The van der Waals surface area contributed by atoms with Crippen molar-refractivity contribution < 1.29 is 50.5 Å². The number of amides is 1. The summed E-state index contributed by atoms with van der Waals surface area (Å²) >= 11 is 0. The second-order valence-corrected chi connectivity index (χ2v) is 10.7. The van der Waals surface area contributed by atoms with Crippen molar-refractivity contribution in [1.29, 1.82) is 0 Å². The highest BCUT2D eigenvalue weighted by Crippen LogP contribution is 2.43. The first-order chi connectivity index (χ1) is 20.6. The van der Waals surface area contributed by atoms with Crippen LogP contribution in [0.5, 0.6) is 11.5 Å². The van der Waals surface area contributed by atoms with Crippen molar-refractivity contribution in [2.24, 2.45) is 5.92 Å². The van der Waals surface area contributed by atoms with E-state index in [2.05, 4.69) is 19.7 Å². The summed E-state index contributed by atoms with van der Waals surface area (Å²) in [5.74, 6) is -1.37. The molecule has 1 amide bonds. The normalized spacial score (nSPS) is 15.2. The maximum absolute atomic E-state index is 12.7. The van der Waals surface area contributed by atoms with Crippen molar-refractivity contribution in [3.05, 3.63) is 89.5 Å². The number of hydrogen-bond donors (Lipinski definition) is 2. The minimum Gasteiger partial charge on any atom is -0.447 e. The summed E-state index contributed by atoms with van der Waals surface area (Å²) in [6.45, 7) is 5.13. The van der Waals surface area contributed by atoms with E-state index in [0.29, 0.717) is 38.2 Å². The molecule has 1 heterocycles. The molecule has 0 aromatic heterocycles. The van der Waals surface area contributed by atoms with Crippen molar-refractivity contribution in [2.45, 2.75) is 57.7 Å². The maximum atomic E-state index is 12.7. The van der Waals surface area contributed by atoms with E-state index in [4.69, 9.17) is 4.74 Å². The second kappa shape index (κ2) is 13.3. The van der Waals surface area contributed by atoms with Crippen molar-refractivity contribution in [2.75, 3.05) is 18.4 Å². The quantitative estimate of drug-likeness (QED) is 0.238. The lowest BCUT2D eigenvalue weighted by Crippen LogP contribution is -2.44. The van der Waals surface area contributed by atoms with Gasteiger partial charge < -0.3 is 19.3 Å². The molecular weight excluding hydrogens is 594 g/mol. The van der Waals surface area contributed by atoms with E-state index in [1.54, 1.807) is 19.9 Å². The van der Waals surface area contributed by atoms with Gasteiger partial charge in [0.25, 0.3) is 0 Å².